The van der Waals surface area contributed by atoms with Gasteiger partial charge in [-0.3, -0.25) is 0 Å². The fourth-order valence-electron chi connectivity index (χ4n) is 4.41. The molecule has 0 aromatic heterocycles. The molecule has 4 saturated heterocycles. The van der Waals surface area contributed by atoms with Crippen LogP contribution in [0.15, 0.2) is 0 Å². The summed E-state index contributed by atoms with van der Waals surface area (Å²) in [7, 11) is 1.68. The fourth-order valence-corrected chi connectivity index (χ4v) is 10.1. The Hall–Kier alpha value is 0.245. The molecule has 4 aliphatic rings. The first-order valence-corrected chi connectivity index (χ1v) is 14.7. The van der Waals surface area contributed by atoms with Gasteiger partial charge in [0, 0.05) is 0 Å². The van der Waals surface area contributed by atoms with Crippen molar-refractivity contribution in [2.75, 3.05) is 13.7 Å². The first kappa shape index (κ1) is 18.0. The van der Waals surface area contributed by atoms with Crippen LogP contribution in [-0.2, 0) is 51.4 Å². The monoisotopic (exact) mass is 516 g/mol. The van der Waals surface area contributed by atoms with Gasteiger partial charge in [0.2, 0.25) is 0 Å². The number of rotatable bonds is 4. The zero-order valence-electron chi connectivity index (χ0n) is 14.6. The molecule has 0 aliphatic carbocycles. The van der Waals surface area contributed by atoms with Gasteiger partial charge in [0.15, 0.2) is 0 Å². The van der Waals surface area contributed by atoms with E-state index in [1.165, 1.54) is 6.92 Å². The first-order chi connectivity index (χ1) is 10.8. The Morgan fingerprint density at radius 1 is 1.17 bits per heavy atom. The average molecular weight is 515 g/mol. The van der Waals surface area contributed by atoms with Gasteiger partial charge in [0.05, 0.1) is 0 Å². The molecular formula is C16H26HgO6. The summed E-state index contributed by atoms with van der Waals surface area (Å²) >= 11 is -1.85. The van der Waals surface area contributed by atoms with E-state index in [1.54, 1.807) is 7.11 Å². The Bertz CT molecular complexity index is 475. The fraction of sp³-hybridized carbons (Fsp3) is 0.938. The summed E-state index contributed by atoms with van der Waals surface area (Å²) < 4.78 is 31.4. The summed E-state index contributed by atoms with van der Waals surface area (Å²) in [6.45, 7) is 6.19. The molecule has 6 nitrogen and oxygen atoms in total. The summed E-state index contributed by atoms with van der Waals surface area (Å²) in [6.07, 6.45) is 4.50. The molecule has 0 aromatic rings. The second-order valence-corrected chi connectivity index (χ2v) is 12.0. The van der Waals surface area contributed by atoms with Gasteiger partial charge in [-0.15, -0.1) is 0 Å². The van der Waals surface area contributed by atoms with Gasteiger partial charge in [0.25, 0.3) is 0 Å². The van der Waals surface area contributed by atoms with Crippen LogP contribution >= 0.6 is 0 Å². The zero-order valence-corrected chi connectivity index (χ0v) is 20.1. The van der Waals surface area contributed by atoms with Gasteiger partial charge < -0.3 is 0 Å². The van der Waals surface area contributed by atoms with E-state index in [0.29, 0.717) is 6.61 Å². The van der Waals surface area contributed by atoms with Crippen LogP contribution in [0.1, 0.15) is 52.9 Å². The van der Waals surface area contributed by atoms with Crippen molar-refractivity contribution in [3.63, 3.8) is 0 Å². The predicted octanol–water partition coefficient (Wildman–Crippen LogP) is 2.56. The molecule has 2 bridgehead atoms. The second-order valence-electron chi connectivity index (χ2n) is 7.31. The molecular weight excluding hydrogens is 489 g/mol. The maximum atomic E-state index is 11.2. The summed E-state index contributed by atoms with van der Waals surface area (Å²) in [6, 6.07) is 0. The second kappa shape index (κ2) is 6.20. The number of hydrogen-bond acceptors (Lipinski definition) is 6. The minimum atomic E-state index is -1.85. The number of hydrogen-bond donors (Lipinski definition) is 0. The Morgan fingerprint density at radius 3 is 2.52 bits per heavy atom. The van der Waals surface area contributed by atoms with E-state index in [1.807, 2.05) is 13.8 Å². The van der Waals surface area contributed by atoms with Crippen LogP contribution in [-0.4, -0.2) is 42.5 Å². The van der Waals surface area contributed by atoms with Crippen molar-refractivity contribution in [3.05, 3.63) is 0 Å². The van der Waals surface area contributed by atoms with Crippen LogP contribution in [0.3, 0.4) is 0 Å². The van der Waals surface area contributed by atoms with Gasteiger partial charge in [-0.1, -0.05) is 0 Å². The standard InChI is InChI=1S/C14H23O4.C2H4O2.Hg/c1-11(2)13(15-4)9-8-12(3,17-11)14(18-13)7-5-6-10-16-14;1-2(3)4;/h3,5-10H2,1-2,4H3;1H3,(H,3,4);/q;;+1/p-1/t12-,13-,14-;;/m0../s1. The van der Waals surface area contributed by atoms with Crippen molar-refractivity contribution in [3.8, 4) is 0 Å². The third kappa shape index (κ3) is 2.78. The Morgan fingerprint density at radius 2 is 1.96 bits per heavy atom. The van der Waals surface area contributed by atoms with E-state index < -0.39 is 47.8 Å². The SMILES string of the molecule is CO[C@]12CC[C@]([CH2][Hg][O]C(C)=O)(OC1(C)C)[C@]1(CCCCO1)O2. The zero-order chi connectivity index (χ0) is 16.8. The van der Waals surface area contributed by atoms with Gasteiger partial charge in [0.1, 0.15) is 0 Å². The number of fused-ring (bicyclic) bond motifs is 2. The summed E-state index contributed by atoms with van der Waals surface area (Å²) in [5, 5.41) is 0. The summed E-state index contributed by atoms with van der Waals surface area (Å²) in [5.74, 6) is -1.71. The van der Waals surface area contributed by atoms with Crippen LogP contribution in [0.25, 0.3) is 0 Å². The number of carbonyl (C=O) groups is 1. The van der Waals surface area contributed by atoms with Crippen LogP contribution in [0.5, 0.6) is 0 Å². The molecule has 4 heterocycles. The number of carbonyl (C=O) groups excluding carboxylic acids is 1. The molecule has 4 fully saturated rings. The predicted molar refractivity (Wildman–Crippen MR) is 77.1 cm³/mol. The van der Waals surface area contributed by atoms with E-state index in [0.717, 1.165) is 36.0 Å². The Kier molecular flexibility index (Phi) is 4.86. The van der Waals surface area contributed by atoms with E-state index in [4.69, 9.17) is 21.6 Å². The average Bonchev–Trinajstić information content (AvgIpc) is 2.49. The molecule has 4 rings (SSSR count). The Balaban J connectivity index is 1.91. The van der Waals surface area contributed by atoms with Crippen molar-refractivity contribution >= 4 is 5.97 Å². The van der Waals surface area contributed by atoms with Crippen LogP contribution in [0, 0.1) is 0 Å². The van der Waals surface area contributed by atoms with Gasteiger partial charge in [-0.05, 0) is 0 Å². The third-order valence-corrected chi connectivity index (χ3v) is 11.9. The summed E-state index contributed by atoms with van der Waals surface area (Å²) in [5.41, 5.74) is -1.07. The van der Waals surface area contributed by atoms with E-state index in [-0.39, 0.29) is 5.97 Å². The van der Waals surface area contributed by atoms with Gasteiger partial charge >= 0.3 is 151 Å². The first-order valence-electron chi connectivity index (χ1n) is 8.53. The van der Waals surface area contributed by atoms with Crippen molar-refractivity contribution < 1.29 is 51.4 Å². The molecule has 7 heteroatoms. The van der Waals surface area contributed by atoms with Crippen molar-refractivity contribution in [2.24, 2.45) is 0 Å². The molecule has 3 atom stereocenters. The number of ether oxygens (including phenoxy) is 4. The molecule has 128 valence electrons. The normalized spacial score (nSPS) is 41.6. The third-order valence-electron chi connectivity index (χ3n) is 5.63. The molecule has 1 spiro atoms. The molecule has 0 aromatic carbocycles. The van der Waals surface area contributed by atoms with Crippen LogP contribution < -0.4 is 0 Å². The molecule has 0 unspecified atom stereocenters. The van der Waals surface area contributed by atoms with Crippen molar-refractivity contribution in [2.45, 2.75) is 79.6 Å². The van der Waals surface area contributed by atoms with Crippen LogP contribution in [0.2, 0.25) is 3.93 Å². The van der Waals surface area contributed by atoms with Gasteiger partial charge in [-0.25, -0.2) is 0 Å². The Labute approximate surface area is 150 Å². The minimum absolute atomic E-state index is 0.181. The van der Waals surface area contributed by atoms with Crippen LogP contribution in [0.4, 0.5) is 0 Å². The van der Waals surface area contributed by atoms with E-state index >= 15 is 0 Å². The molecule has 23 heavy (non-hydrogen) atoms. The summed E-state index contributed by atoms with van der Waals surface area (Å²) in [4.78, 5) is 11.2. The van der Waals surface area contributed by atoms with Crippen molar-refractivity contribution in [1.29, 1.82) is 0 Å². The maximum absolute atomic E-state index is 11.2. The molecule has 0 amide bonds. The number of methoxy groups -OCH3 is 1. The van der Waals surface area contributed by atoms with Crippen molar-refractivity contribution in [1.82, 2.24) is 0 Å². The van der Waals surface area contributed by atoms with E-state index in [9.17, 15) is 4.79 Å². The molecule has 4 aliphatic heterocycles. The van der Waals surface area contributed by atoms with Gasteiger partial charge in [-0.2, -0.15) is 0 Å². The molecule has 0 N–H and O–H groups in total. The molecule has 0 radical (unpaired) electrons. The topological polar surface area (TPSA) is 63.2 Å². The quantitative estimate of drug-likeness (QED) is 0.537. The molecule has 0 saturated carbocycles. The van der Waals surface area contributed by atoms with E-state index in [2.05, 4.69) is 0 Å².